The molecule has 1 aromatic rings. The van der Waals surface area contributed by atoms with Gasteiger partial charge < -0.3 is 14.6 Å². The number of aliphatic hydroxyl groups is 1. The Morgan fingerprint density at radius 1 is 1.26 bits per heavy atom. The van der Waals surface area contributed by atoms with E-state index in [1.54, 1.807) is 30.3 Å². The number of methoxy groups -OCH3 is 2. The van der Waals surface area contributed by atoms with E-state index in [1.807, 2.05) is 6.07 Å². The van der Waals surface area contributed by atoms with Gasteiger partial charge in [-0.05, 0) is 12.2 Å². The lowest BCUT2D eigenvalue weighted by atomic mass is 9.94. The monoisotopic (exact) mass is 260 g/mol. The average Bonchev–Trinajstić information content (AvgIpc) is 2.47. The Morgan fingerprint density at radius 3 is 2.53 bits per heavy atom. The van der Waals surface area contributed by atoms with Crippen LogP contribution in [0.15, 0.2) is 53.8 Å². The van der Waals surface area contributed by atoms with Crippen LogP contribution in [0.2, 0.25) is 0 Å². The SMILES string of the molecule is COC1=C(C(=O)c2ccccc2)C=CC(O)(OC)C1. The van der Waals surface area contributed by atoms with Crippen molar-refractivity contribution in [2.24, 2.45) is 0 Å². The van der Waals surface area contributed by atoms with Crippen molar-refractivity contribution in [1.82, 2.24) is 0 Å². The van der Waals surface area contributed by atoms with Crippen molar-refractivity contribution in [3.05, 3.63) is 59.4 Å². The summed E-state index contributed by atoms with van der Waals surface area (Å²) in [6, 6.07) is 8.94. The minimum absolute atomic E-state index is 0.115. The van der Waals surface area contributed by atoms with Crippen molar-refractivity contribution in [2.75, 3.05) is 14.2 Å². The van der Waals surface area contributed by atoms with Crippen LogP contribution >= 0.6 is 0 Å². The van der Waals surface area contributed by atoms with Gasteiger partial charge in [-0.2, -0.15) is 0 Å². The minimum Gasteiger partial charge on any atom is -0.500 e. The molecule has 0 aromatic heterocycles. The number of ether oxygens (including phenoxy) is 2. The van der Waals surface area contributed by atoms with Gasteiger partial charge in [0, 0.05) is 12.7 Å². The highest BCUT2D eigenvalue weighted by molar-refractivity contribution is 6.11. The molecule has 0 bridgehead atoms. The minimum atomic E-state index is -1.41. The predicted molar refractivity (Wildman–Crippen MR) is 70.5 cm³/mol. The maximum Gasteiger partial charge on any atom is 0.196 e. The molecule has 19 heavy (non-hydrogen) atoms. The molecule has 2 rings (SSSR count). The Kier molecular flexibility index (Phi) is 3.83. The summed E-state index contributed by atoms with van der Waals surface area (Å²) in [6.07, 6.45) is 3.12. The summed E-state index contributed by atoms with van der Waals surface area (Å²) in [6.45, 7) is 0. The Balaban J connectivity index is 2.34. The molecular formula is C15H16O4. The van der Waals surface area contributed by atoms with Crippen molar-refractivity contribution in [3.63, 3.8) is 0 Å². The van der Waals surface area contributed by atoms with Crippen LogP contribution in [0.3, 0.4) is 0 Å². The van der Waals surface area contributed by atoms with E-state index in [4.69, 9.17) is 9.47 Å². The zero-order valence-electron chi connectivity index (χ0n) is 10.9. The first-order valence-electron chi connectivity index (χ1n) is 5.93. The van der Waals surface area contributed by atoms with Crippen molar-refractivity contribution < 1.29 is 19.4 Å². The molecule has 1 N–H and O–H groups in total. The second-order valence-corrected chi connectivity index (χ2v) is 4.30. The standard InChI is InChI=1S/C15H16O4/c1-18-13-10-15(17,19-2)9-8-12(13)14(16)11-6-4-3-5-7-11/h3-9,17H,10H2,1-2H3. The van der Waals surface area contributed by atoms with Gasteiger partial charge in [0.1, 0.15) is 5.76 Å². The molecule has 0 radical (unpaired) electrons. The van der Waals surface area contributed by atoms with Crippen LogP contribution in [0.25, 0.3) is 0 Å². The van der Waals surface area contributed by atoms with Gasteiger partial charge >= 0.3 is 0 Å². The molecule has 0 fully saturated rings. The third-order valence-electron chi connectivity index (χ3n) is 3.11. The highest BCUT2D eigenvalue weighted by Crippen LogP contribution is 2.29. The summed E-state index contributed by atoms with van der Waals surface area (Å²) in [5, 5.41) is 10.0. The molecule has 0 spiro atoms. The number of Topliss-reactive ketones (excluding diaryl/α,β-unsaturated/α-hetero) is 1. The van der Waals surface area contributed by atoms with E-state index in [9.17, 15) is 9.90 Å². The number of ketones is 1. The Hall–Kier alpha value is -1.91. The molecule has 1 aromatic carbocycles. The molecule has 4 heteroatoms. The number of rotatable bonds is 4. The Morgan fingerprint density at radius 2 is 1.95 bits per heavy atom. The van der Waals surface area contributed by atoms with Crippen molar-refractivity contribution in [1.29, 1.82) is 0 Å². The zero-order valence-corrected chi connectivity index (χ0v) is 10.9. The lowest BCUT2D eigenvalue weighted by molar-refractivity contribution is -0.150. The largest absolute Gasteiger partial charge is 0.500 e. The van der Waals surface area contributed by atoms with Crippen LogP contribution in [-0.2, 0) is 9.47 Å². The number of hydrogen-bond donors (Lipinski definition) is 1. The van der Waals surface area contributed by atoms with Gasteiger partial charge in [-0.3, -0.25) is 4.79 Å². The molecule has 1 atom stereocenters. The number of allylic oxidation sites excluding steroid dienone is 2. The van der Waals surface area contributed by atoms with Crippen molar-refractivity contribution >= 4 is 5.78 Å². The topological polar surface area (TPSA) is 55.8 Å². The Labute approximate surface area is 112 Å². The highest BCUT2D eigenvalue weighted by atomic mass is 16.6. The molecule has 1 unspecified atom stereocenters. The fourth-order valence-electron chi connectivity index (χ4n) is 1.96. The molecular weight excluding hydrogens is 244 g/mol. The second-order valence-electron chi connectivity index (χ2n) is 4.30. The molecule has 0 saturated heterocycles. The average molecular weight is 260 g/mol. The molecule has 0 aliphatic heterocycles. The highest BCUT2D eigenvalue weighted by Gasteiger charge is 2.32. The van der Waals surface area contributed by atoms with E-state index in [-0.39, 0.29) is 12.2 Å². The van der Waals surface area contributed by atoms with Crippen molar-refractivity contribution in [2.45, 2.75) is 12.2 Å². The number of carbonyl (C=O) groups is 1. The first kappa shape index (κ1) is 13.5. The van der Waals surface area contributed by atoms with E-state index >= 15 is 0 Å². The summed E-state index contributed by atoms with van der Waals surface area (Å²) in [5.41, 5.74) is 1.02. The molecule has 0 amide bonds. The van der Waals surface area contributed by atoms with Crippen LogP contribution in [-0.4, -0.2) is 30.9 Å². The number of benzene rings is 1. The zero-order chi connectivity index (χ0) is 13.9. The van der Waals surface area contributed by atoms with Crippen LogP contribution in [0, 0.1) is 0 Å². The van der Waals surface area contributed by atoms with Gasteiger partial charge in [0.15, 0.2) is 11.6 Å². The molecule has 1 aliphatic rings. The van der Waals surface area contributed by atoms with Gasteiger partial charge in [0.25, 0.3) is 0 Å². The van der Waals surface area contributed by atoms with Crippen LogP contribution in [0.4, 0.5) is 0 Å². The molecule has 1 aliphatic carbocycles. The van der Waals surface area contributed by atoms with Gasteiger partial charge in [-0.15, -0.1) is 0 Å². The predicted octanol–water partition coefficient (Wildman–Crippen LogP) is 2.06. The van der Waals surface area contributed by atoms with E-state index < -0.39 is 5.79 Å². The molecule has 0 saturated carbocycles. The normalized spacial score (nSPS) is 22.5. The molecule has 4 nitrogen and oxygen atoms in total. The van der Waals surface area contributed by atoms with Gasteiger partial charge in [-0.25, -0.2) is 0 Å². The first-order chi connectivity index (χ1) is 9.09. The summed E-state index contributed by atoms with van der Waals surface area (Å²) < 4.78 is 10.2. The van der Waals surface area contributed by atoms with E-state index in [0.29, 0.717) is 16.9 Å². The molecule has 0 heterocycles. The maximum absolute atomic E-state index is 12.4. The Bertz CT molecular complexity index is 530. The summed E-state index contributed by atoms with van der Waals surface area (Å²) in [5.74, 6) is -1.13. The van der Waals surface area contributed by atoms with E-state index in [2.05, 4.69) is 0 Å². The van der Waals surface area contributed by atoms with E-state index in [1.165, 1.54) is 20.3 Å². The fraction of sp³-hybridized carbons (Fsp3) is 0.267. The lowest BCUT2D eigenvalue weighted by Gasteiger charge is -2.27. The first-order valence-corrected chi connectivity index (χ1v) is 5.93. The summed E-state index contributed by atoms with van der Waals surface area (Å²) >= 11 is 0. The van der Waals surface area contributed by atoms with Gasteiger partial charge in [0.05, 0.1) is 19.1 Å². The number of carbonyl (C=O) groups excluding carboxylic acids is 1. The smallest absolute Gasteiger partial charge is 0.196 e. The summed E-state index contributed by atoms with van der Waals surface area (Å²) in [4.78, 5) is 12.4. The number of hydrogen-bond acceptors (Lipinski definition) is 4. The lowest BCUT2D eigenvalue weighted by Crippen LogP contribution is -2.32. The van der Waals surface area contributed by atoms with Crippen LogP contribution in [0.5, 0.6) is 0 Å². The fourth-order valence-corrected chi connectivity index (χ4v) is 1.96. The summed E-state index contributed by atoms with van der Waals surface area (Å²) in [7, 11) is 2.88. The maximum atomic E-state index is 12.4. The quantitative estimate of drug-likeness (QED) is 0.665. The third kappa shape index (κ3) is 2.75. The third-order valence-corrected chi connectivity index (χ3v) is 3.11. The van der Waals surface area contributed by atoms with Crippen LogP contribution < -0.4 is 0 Å². The van der Waals surface area contributed by atoms with Crippen LogP contribution in [0.1, 0.15) is 16.8 Å². The van der Waals surface area contributed by atoms with Gasteiger partial charge in [-0.1, -0.05) is 30.3 Å². The molecule has 100 valence electrons. The van der Waals surface area contributed by atoms with Crippen molar-refractivity contribution in [3.8, 4) is 0 Å². The second kappa shape index (κ2) is 5.38. The van der Waals surface area contributed by atoms with E-state index in [0.717, 1.165) is 0 Å². The van der Waals surface area contributed by atoms with Gasteiger partial charge in [0.2, 0.25) is 0 Å².